The molecule has 1 saturated carbocycles. The van der Waals surface area contributed by atoms with Gasteiger partial charge in [-0.2, -0.15) is 0 Å². The number of aryl methyl sites for hydroxylation is 2. The third kappa shape index (κ3) is 10.4. The van der Waals surface area contributed by atoms with Crippen molar-refractivity contribution in [3.05, 3.63) is 82.7 Å². The van der Waals surface area contributed by atoms with E-state index in [0.717, 1.165) is 52.4 Å². The number of rotatable bonds is 8. The number of carbonyl (C=O) groups is 2. The van der Waals surface area contributed by atoms with E-state index in [9.17, 15) is 9.59 Å². The predicted octanol–water partition coefficient (Wildman–Crippen LogP) is 8.12. The maximum atomic E-state index is 13.0. The van der Waals surface area contributed by atoms with Gasteiger partial charge in [-0.1, -0.05) is 61.7 Å². The van der Waals surface area contributed by atoms with Gasteiger partial charge in [-0.05, 0) is 103 Å². The first-order chi connectivity index (χ1) is 22.2. The number of ether oxygens (including phenoxy) is 1. The molecule has 1 amide bonds. The second-order valence-electron chi connectivity index (χ2n) is 14.7. The summed E-state index contributed by atoms with van der Waals surface area (Å²) in [6, 6.07) is 17.7. The predicted molar refractivity (Wildman–Crippen MR) is 191 cm³/mol. The lowest BCUT2D eigenvalue weighted by atomic mass is 9.68. The van der Waals surface area contributed by atoms with Crippen LogP contribution in [0.25, 0.3) is 11.1 Å². The second-order valence-corrected chi connectivity index (χ2v) is 14.7. The third-order valence-electron chi connectivity index (χ3n) is 9.13. The average molecular weight is 642 g/mol. The van der Waals surface area contributed by atoms with Crippen LogP contribution in [0.5, 0.6) is 0 Å². The van der Waals surface area contributed by atoms with Crippen molar-refractivity contribution < 1.29 is 19.4 Å². The van der Waals surface area contributed by atoms with E-state index in [-0.39, 0.29) is 24.4 Å². The van der Waals surface area contributed by atoms with Crippen LogP contribution in [-0.4, -0.2) is 46.8 Å². The molecule has 1 aliphatic carbocycles. The van der Waals surface area contributed by atoms with Crippen molar-refractivity contribution in [1.29, 1.82) is 0 Å². The Morgan fingerprint density at radius 2 is 1.51 bits per heavy atom. The first kappa shape index (κ1) is 36.1. The zero-order valence-electron chi connectivity index (χ0n) is 29.6. The number of benzene rings is 2. The Balaban J connectivity index is 0.000000930. The fourth-order valence-electron chi connectivity index (χ4n) is 6.90. The van der Waals surface area contributed by atoms with Crippen molar-refractivity contribution in [2.24, 2.45) is 5.41 Å². The van der Waals surface area contributed by atoms with Gasteiger partial charge < -0.3 is 20.1 Å². The first-order valence-electron chi connectivity index (χ1n) is 17.3. The molecule has 1 spiro atoms. The van der Waals surface area contributed by atoms with Gasteiger partial charge in [0.2, 0.25) is 0 Å². The molecular weight excluding hydrogens is 586 g/mol. The van der Waals surface area contributed by atoms with Gasteiger partial charge in [0.25, 0.3) is 5.91 Å². The molecule has 2 N–H and O–H groups in total. The van der Waals surface area contributed by atoms with Crippen LogP contribution in [0.3, 0.4) is 0 Å². The van der Waals surface area contributed by atoms with Gasteiger partial charge in [-0.3, -0.25) is 14.6 Å². The van der Waals surface area contributed by atoms with E-state index < -0.39 is 5.60 Å². The standard InChI is InChI=1S/C36H45N3O3.C4H10O/c1-25(2)42-32(40)23-31-26(3)38-27(4)33(34(31)39-21-19-36(20-22-39)17-9-6-10-18-36)29-13-15-30(16-14-29)35(41)37-24-28-11-7-5-8-12-28;1-4(2,3)5/h5,7-8,11-16,25H,6,9-10,17-24H2,1-4H3,(H,37,41);5H,1-3H3. The number of piperidine rings is 1. The molecule has 7 heteroatoms. The lowest BCUT2D eigenvalue weighted by molar-refractivity contribution is -0.146. The summed E-state index contributed by atoms with van der Waals surface area (Å²) in [6.45, 7) is 15.5. The van der Waals surface area contributed by atoms with Crippen molar-refractivity contribution in [2.75, 3.05) is 18.0 Å². The van der Waals surface area contributed by atoms with Gasteiger partial charge in [0, 0.05) is 47.7 Å². The highest BCUT2D eigenvalue weighted by atomic mass is 16.5. The molecular formula is C40H55N3O4. The maximum absolute atomic E-state index is 13.0. The molecule has 47 heavy (non-hydrogen) atoms. The Kier molecular flexibility index (Phi) is 12.2. The Hall–Kier alpha value is -3.71. The smallest absolute Gasteiger partial charge is 0.310 e. The molecule has 1 aliphatic heterocycles. The number of pyridine rings is 1. The molecule has 7 nitrogen and oxygen atoms in total. The Morgan fingerprint density at radius 3 is 2.09 bits per heavy atom. The number of nitrogens with zero attached hydrogens (tertiary/aromatic N) is 2. The van der Waals surface area contributed by atoms with Crippen LogP contribution in [0.1, 0.15) is 112 Å². The summed E-state index contributed by atoms with van der Waals surface area (Å²) in [4.78, 5) is 33.3. The first-order valence-corrected chi connectivity index (χ1v) is 17.3. The molecule has 2 aliphatic rings. The lowest BCUT2D eigenvalue weighted by Gasteiger charge is -2.46. The SMILES string of the molecule is CC(C)(C)O.Cc1nc(C)c(-c2ccc(C(=O)NCc3ccccc3)cc2)c(N2CCC3(CCCCC3)CC2)c1CC(=O)OC(C)C. The van der Waals surface area contributed by atoms with Crippen molar-refractivity contribution in [3.63, 3.8) is 0 Å². The van der Waals surface area contributed by atoms with E-state index in [1.807, 2.05) is 75.4 Å². The summed E-state index contributed by atoms with van der Waals surface area (Å²) < 4.78 is 5.58. The average Bonchev–Trinajstić information content (AvgIpc) is 3.01. The van der Waals surface area contributed by atoms with Crippen molar-refractivity contribution in [1.82, 2.24) is 10.3 Å². The van der Waals surface area contributed by atoms with E-state index >= 15 is 0 Å². The van der Waals surface area contributed by atoms with Crippen molar-refractivity contribution >= 4 is 17.6 Å². The number of anilines is 1. The summed E-state index contributed by atoms with van der Waals surface area (Å²) in [7, 11) is 0. The van der Waals surface area contributed by atoms with Gasteiger partial charge in [0.15, 0.2) is 0 Å². The Labute approximate surface area is 282 Å². The van der Waals surface area contributed by atoms with E-state index in [2.05, 4.69) is 17.1 Å². The van der Waals surface area contributed by atoms with Crippen LogP contribution in [0.2, 0.25) is 0 Å². The summed E-state index contributed by atoms with van der Waals surface area (Å²) >= 11 is 0. The van der Waals surface area contributed by atoms with Gasteiger partial charge in [0.1, 0.15) is 0 Å². The van der Waals surface area contributed by atoms with Crippen molar-refractivity contribution in [2.45, 2.75) is 118 Å². The van der Waals surface area contributed by atoms with E-state index in [1.165, 1.54) is 44.9 Å². The number of esters is 1. The van der Waals surface area contributed by atoms with Crippen LogP contribution in [-0.2, 0) is 22.5 Å². The number of aliphatic hydroxyl groups is 1. The normalized spacial score (nSPS) is 16.0. The largest absolute Gasteiger partial charge is 0.463 e. The number of amides is 1. The van der Waals surface area contributed by atoms with Gasteiger partial charge in [-0.15, -0.1) is 0 Å². The minimum absolute atomic E-state index is 0.102. The van der Waals surface area contributed by atoms with Crippen LogP contribution in [0.4, 0.5) is 5.69 Å². The molecule has 0 atom stereocenters. The third-order valence-corrected chi connectivity index (χ3v) is 9.13. The maximum Gasteiger partial charge on any atom is 0.310 e. The number of carbonyl (C=O) groups excluding carboxylic acids is 2. The highest BCUT2D eigenvalue weighted by molar-refractivity contribution is 5.95. The van der Waals surface area contributed by atoms with Crippen LogP contribution in [0, 0.1) is 19.3 Å². The molecule has 2 heterocycles. The molecule has 2 aromatic carbocycles. The minimum atomic E-state index is -0.500. The molecule has 254 valence electrons. The van der Waals surface area contributed by atoms with Crippen LogP contribution in [0.15, 0.2) is 54.6 Å². The van der Waals surface area contributed by atoms with Crippen LogP contribution >= 0.6 is 0 Å². The van der Waals surface area contributed by atoms with E-state index in [0.29, 0.717) is 17.5 Å². The lowest BCUT2D eigenvalue weighted by Crippen LogP contribution is -2.42. The number of hydrogen-bond acceptors (Lipinski definition) is 6. The Bertz CT molecular complexity index is 1470. The summed E-state index contributed by atoms with van der Waals surface area (Å²) in [5.41, 5.74) is 7.57. The zero-order valence-corrected chi connectivity index (χ0v) is 29.6. The van der Waals surface area contributed by atoms with E-state index in [4.69, 9.17) is 14.8 Å². The molecule has 5 rings (SSSR count). The monoisotopic (exact) mass is 641 g/mol. The highest BCUT2D eigenvalue weighted by Gasteiger charge is 2.37. The molecule has 0 radical (unpaired) electrons. The fraction of sp³-hybridized carbons (Fsp3) is 0.525. The molecule has 3 aromatic rings. The van der Waals surface area contributed by atoms with E-state index in [1.54, 1.807) is 20.8 Å². The quantitative estimate of drug-likeness (QED) is 0.242. The Morgan fingerprint density at radius 1 is 0.915 bits per heavy atom. The van der Waals surface area contributed by atoms with Gasteiger partial charge in [-0.25, -0.2) is 0 Å². The summed E-state index contributed by atoms with van der Waals surface area (Å²) in [5.74, 6) is -0.326. The van der Waals surface area contributed by atoms with Gasteiger partial charge >= 0.3 is 5.97 Å². The molecule has 0 bridgehead atoms. The highest BCUT2D eigenvalue weighted by Crippen LogP contribution is 2.47. The number of hydrogen-bond donors (Lipinski definition) is 2. The number of nitrogens with one attached hydrogen (secondary N) is 1. The zero-order chi connectivity index (χ0) is 34.2. The molecule has 1 saturated heterocycles. The second kappa shape index (κ2) is 15.9. The minimum Gasteiger partial charge on any atom is -0.463 e. The van der Waals surface area contributed by atoms with Gasteiger partial charge in [0.05, 0.1) is 23.8 Å². The molecule has 2 fully saturated rings. The topological polar surface area (TPSA) is 91.8 Å². The summed E-state index contributed by atoms with van der Waals surface area (Å²) in [6.07, 6.45) is 9.12. The molecule has 1 aromatic heterocycles. The van der Waals surface area contributed by atoms with Crippen molar-refractivity contribution in [3.8, 4) is 11.1 Å². The fourth-order valence-corrected chi connectivity index (χ4v) is 6.90. The number of aromatic nitrogens is 1. The van der Waals surface area contributed by atoms with Crippen LogP contribution < -0.4 is 10.2 Å². The molecule has 0 unspecified atom stereocenters. The summed E-state index contributed by atoms with van der Waals surface area (Å²) in [5, 5.41) is 11.5.